The summed E-state index contributed by atoms with van der Waals surface area (Å²) in [5.41, 5.74) is 0.879. The first-order valence-electron chi connectivity index (χ1n) is 16.0. The van der Waals surface area contributed by atoms with Crippen molar-refractivity contribution < 1.29 is 19.5 Å². The number of benzene rings is 1. The Morgan fingerprint density at radius 1 is 0.952 bits per heavy atom. The Hall–Kier alpha value is -2.90. The Kier molecular flexibility index (Phi) is 8.23. The van der Waals surface area contributed by atoms with Crippen LogP contribution in [0.2, 0.25) is 0 Å². The highest BCUT2D eigenvalue weighted by atomic mass is 16.4. The number of amidine groups is 1. The molecule has 1 unspecified atom stereocenters. The summed E-state index contributed by atoms with van der Waals surface area (Å²) in [5, 5.41) is 9.52. The molecule has 42 heavy (non-hydrogen) atoms. The van der Waals surface area contributed by atoms with Crippen LogP contribution in [0.25, 0.3) is 0 Å². The molecule has 1 aromatic rings. The molecule has 5 rings (SSSR count). The predicted octanol–water partition coefficient (Wildman–Crippen LogP) is 5.98. The molecule has 2 heterocycles. The van der Waals surface area contributed by atoms with Crippen molar-refractivity contribution in [1.29, 1.82) is 0 Å². The normalized spacial score (nSPS) is 26.0. The second kappa shape index (κ2) is 11.3. The molecule has 1 spiro atoms. The van der Waals surface area contributed by atoms with Gasteiger partial charge in [0.2, 0.25) is 5.91 Å². The molecule has 2 amide bonds. The topological polar surface area (TPSA) is 93.5 Å². The molecule has 0 radical (unpaired) electrons. The molecule has 0 bridgehead atoms. The van der Waals surface area contributed by atoms with E-state index < -0.39 is 11.6 Å². The second-order valence-corrected chi connectivity index (χ2v) is 15.4. The monoisotopic (exact) mass is 578 g/mol. The smallest absolute Gasteiger partial charge is 0.335 e. The van der Waals surface area contributed by atoms with Crippen molar-refractivity contribution >= 4 is 23.6 Å². The zero-order valence-electron chi connectivity index (χ0n) is 26.5. The Morgan fingerprint density at radius 3 is 2.05 bits per heavy atom. The van der Waals surface area contributed by atoms with E-state index in [1.54, 1.807) is 12.1 Å². The number of nitrogens with zero attached hydrogens (tertiary/aromatic N) is 4. The highest BCUT2D eigenvalue weighted by molar-refractivity contribution is 6.39. The summed E-state index contributed by atoms with van der Waals surface area (Å²) in [5.74, 6) is 0.610. The van der Waals surface area contributed by atoms with E-state index in [4.69, 9.17) is 4.99 Å². The van der Waals surface area contributed by atoms with Crippen molar-refractivity contribution in [3.05, 3.63) is 35.4 Å². The van der Waals surface area contributed by atoms with E-state index in [0.29, 0.717) is 37.9 Å². The summed E-state index contributed by atoms with van der Waals surface area (Å²) in [7, 11) is 0. The van der Waals surface area contributed by atoms with Crippen molar-refractivity contribution in [3.8, 4) is 0 Å². The number of aliphatic imine (C=N–C) groups is 1. The Morgan fingerprint density at radius 2 is 1.55 bits per heavy atom. The van der Waals surface area contributed by atoms with Crippen molar-refractivity contribution in [2.24, 2.45) is 27.7 Å². The molecule has 1 saturated heterocycles. The molecule has 2 saturated carbocycles. The van der Waals surface area contributed by atoms with Crippen molar-refractivity contribution in [2.75, 3.05) is 26.2 Å². The summed E-state index contributed by atoms with van der Waals surface area (Å²) < 4.78 is 0. The fourth-order valence-electron chi connectivity index (χ4n) is 7.12. The van der Waals surface area contributed by atoms with Crippen molar-refractivity contribution in [2.45, 2.75) is 105 Å². The van der Waals surface area contributed by atoms with Gasteiger partial charge in [-0.25, -0.2) is 9.79 Å². The molecule has 1 atom stereocenters. The van der Waals surface area contributed by atoms with E-state index in [1.807, 2.05) is 17.0 Å². The van der Waals surface area contributed by atoms with Crippen LogP contribution in [0.15, 0.2) is 29.3 Å². The van der Waals surface area contributed by atoms with Crippen LogP contribution in [-0.4, -0.2) is 75.3 Å². The molecule has 230 valence electrons. The van der Waals surface area contributed by atoms with Crippen molar-refractivity contribution in [1.82, 2.24) is 14.7 Å². The fraction of sp³-hybridized carbons (Fsp3) is 0.706. The van der Waals surface area contributed by atoms with Gasteiger partial charge < -0.3 is 19.8 Å². The van der Waals surface area contributed by atoms with Crippen molar-refractivity contribution in [3.63, 3.8) is 0 Å². The maximum atomic E-state index is 14.6. The van der Waals surface area contributed by atoms with E-state index in [2.05, 4.69) is 51.3 Å². The van der Waals surface area contributed by atoms with E-state index in [-0.39, 0.29) is 40.2 Å². The number of piperazine rings is 1. The number of carbonyl (C=O) groups excluding carboxylic acids is 2. The minimum Gasteiger partial charge on any atom is -0.478 e. The summed E-state index contributed by atoms with van der Waals surface area (Å²) in [4.78, 5) is 50.4. The minimum absolute atomic E-state index is 0.0209. The number of carboxylic acids is 1. The van der Waals surface area contributed by atoms with Gasteiger partial charge >= 0.3 is 5.97 Å². The van der Waals surface area contributed by atoms with Crippen LogP contribution in [0.3, 0.4) is 0 Å². The first kappa shape index (κ1) is 30.6. The number of hydrogen-bond acceptors (Lipinski definition) is 5. The predicted molar refractivity (Wildman–Crippen MR) is 164 cm³/mol. The van der Waals surface area contributed by atoms with Gasteiger partial charge in [0.05, 0.1) is 11.6 Å². The average Bonchev–Trinajstić information content (AvgIpc) is 3.75. The fourth-order valence-corrected chi connectivity index (χ4v) is 7.12. The summed E-state index contributed by atoms with van der Waals surface area (Å²) >= 11 is 0. The van der Waals surface area contributed by atoms with Crippen LogP contribution >= 0.6 is 0 Å². The van der Waals surface area contributed by atoms with Gasteiger partial charge in [-0.15, -0.1) is 0 Å². The third kappa shape index (κ3) is 6.37. The molecule has 2 aliphatic carbocycles. The number of carboxylic acid groups (broad SMARTS) is 1. The first-order valence-corrected chi connectivity index (χ1v) is 16.0. The van der Waals surface area contributed by atoms with Crippen LogP contribution in [0, 0.1) is 22.7 Å². The summed E-state index contributed by atoms with van der Waals surface area (Å²) in [6.07, 6.45) is 7.36. The largest absolute Gasteiger partial charge is 0.478 e. The van der Waals surface area contributed by atoms with Gasteiger partial charge in [-0.2, -0.15) is 0 Å². The minimum atomic E-state index is -0.952. The summed E-state index contributed by atoms with van der Waals surface area (Å²) in [6, 6.07) is 6.88. The molecule has 3 fully saturated rings. The zero-order chi connectivity index (χ0) is 30.4. The lowest BCUT2D eigenvalue weighted by atomic mass is 9.69. The first-order chi connectivity index (χ1) is 19.7. The van der Waals surface area contributed by atoms with Gasteiger partial charge in [-0.1, -0.05) is 53.7 Å². The highest BCUT2D eigenvalue weighted by Gasteiger charge is 2.54. The van der Waals surface area contributed by atoms with E-state index >= 15 is 0 Å². The van der Waals surface area contributed by atoms with Gasteiger partial charge in [0.1, 0.15) is 5.66 Å². The standard InChI is InChI=1S/C34H50N4O4/c1-32(2,3)16-15-27(23-7-11-25(12-8-23)31(41)42)38-30(40)28(35-34(38)17-13-26(14-18-34)33(4,5)6)36-19-21-37(22-20-36)29(39)24-9-10-24/h7-8,11-12,24,26-27H,9-10,13-22H2,1-6H3,(H,41,42). The van der Waals surface area contributed by atoms with Gasteiger partial charge in [0, 0.05) is 32.1 Å². The number of carbonyl (C=O) groups is 3. The molecule has 4 aliphatic rings. The quantitative estimate of drug-likeness (QED) is 0.448. The van der Waals surface area contributed by atoms with Gasteiger partial charge in [0.25, 0.3) is 5.91 Å². The van der Waals surface area contributed by atoms with E-state index in [0.717, 1.165) is 56.9 Å². The SMILES string of the molecule is CC(C)(C)CCC(c1ccc(C(=O)O)cc1)N1C(=O)C(N2CCN(C(=O)C3CC3)CC2)=NC12CCC(C(C)(C)C)CC2. The Bertz CT molecular complexity index is 1210. The number of amides is 2. The lowest BCUT2D eigenvalue weighted by Crippen LogP contribution is -2.54. The van der Waals surface area contributed by atoms with Crippen LogP contribution in [0.5, 0.6) is 0 Å². The number of hydrogen-bond donors (Lipinski definition) is 1. The zero-order valence-corrected chi connectivity index (χ0v) is 26.5. The third-order valence-electron chi connectivity index (χ3n) is 10.0. The molecule has 8 nitrogen and oxygen atoms in total. The molecule has 1 N–H and O–H groups in total. The maximum Gasteiger partial charge on any atom is 0.335 e. The van der Waals surface area contributed by atoms with Gasteiger partial charge in [-0.05, 0) is 85.8 Å². The van der Waals surface area contributed by atoms with Gasteiger partial charge in [-0.3, -0.25) is 9.59 Å². The average molecular weight is 579 g/mol. The third-order valence-corrected chi connectivity index (χ3v) is 10.0. The molecular weight excluding hydrogens is 528 g/mol. The lowest BCUT2D eigenvalue weighted by molar-refractivity contribution is -0.134. The number of aromatic carboxylic acids is 1. The lowest BCUT2D eigenvalue weighted by Gasteiger charge is -2.47. The summed E-state index contributed by atoms with van der Waals surface area (Å²) in [6.45, 7) is 16.1. The molecule has 8 heteroatoms. The number of rotatable bonds is 6. The molecule has 0 aromatic heterocycles. The molecule has 2 aliphatic heterocycles. The van der Waals surface area contributed by atoms with Crippen LogP contribution < -0.4 is 0 Å². The van der Waals surface area contributed by atoms with E-state index in [9.17, 15) is 19.5 Å². The Balaban J connectivity index is 1.47. The molecule has 1 aromatic carbocycles. The van der Waals surface area contributed by atoms with Crippen LogP contribution in [-0.2, 0) is 9.59 Å². The molecular formula is C34H50N4O4. The second-order valence-electron chi connectivity index (χ2n) is 15.4. The highest BCUT2D eigenvalue weighted by Crippen LogP contribution is 2.50. The van der Waals surface area contributed by atoms with Crippen LogP contribution in [0.4, 0.5) is 0 Å². The van der Waals surface area contributed by atoms with Crippen LogP contribution in [0.1, 0.15) is 115 Å². The Labute approximate surface area is 251 Å². The van der Waals surface area contributed by atoms with E-state index in [1.165, 1.54) is 0 Å². The maximum absolute atomic E-state index is 14.6. The van der Waals surface area contributed by atoms with Gasteiger partial charge in [0.15, 0.2) is 5.84 Å².